The topological polar surface area (TPSA) is 57.4 Å². The van der Waals surface area contributed by atoms with Gasteiger partial charge >= 0.3 is 0 Å². The van der Waals surface area contributed by atoms with Crippen LogP contribution in [0.5, 0.6) is 11.5 Å². The zero-order valence-electron chi connectivity index (χ0n) is 14.7. The average molecular weight is 336 g/mol. The summed E-state index contributed by atoms with van der Waals surface area (Å²) in [7, 11) is 0. The van der Waals surface area contributed by atoms with Crippen LogP contribution in [0.1, 0.15) is 25.3 Å². The smallest absolute Gasteiger partial charge is 0.146 e. The van der Waals surface area contributed by atoms with Gasteiger partial charge in [-0.25, -0.2) is 4.98 Å². The highest BCUT2D eigenvalue weighted by Crippen LogP contribution is 2.26. The Balaban J connectivity index is 1.52. The summed E-state index contributed by atoms with van der Waals surface area (Å²) in [6.07, 6.45) is 1.91. The van der Waals surface area contributed by atoms with Crippen LogP contribution >= 0.6 is 0 Å². The van der Waals surface area contributed by atoms with Crippen LogP contribution in [0.15, 0.2) is 54.6 Å². The van der Waals surface area contributed by atoms with Gasteiger partial charge in [-0.05, 0) is 57.0 Å². The van der Waals surface area contributed by atoms with Crippen LogP contribution in [0.3, 0.4) is 0 Å². The van der Waals surface area contributed by atoms with Crippen molar-refractivity contribution in [3.63, 3.8) is 0 Å². The Morgan fingerprint density at radius 3 is 2.64 bits per heavy atom. The molecule has 4 nitrogen and oxygen atoms in total. The number of fused-ring (bicyclic) bond motifs is 1. The minimum absolute atomic E-state index is 0.0791. The van der Waals surface area contributed by atoms with E-state index in [9.17, 15) is 0 Å². The number of anilines is 1. The molecule has 3 rings (SSSR count). The van der Waals surface area contributed by atoms with E-state index in [0.717, 1.165) is 35.2 Å². The molecule has 0 aliphatic rings. The molecule has 1 aromatic heterocycles. The van der Waals surface area contributed by atoms with Crippen LogP contribution in [0, 0.1) is 6.92 Å². The first-order chi connectivity index (χ1) is 12.1. The summed E-state index contributed by atoms with van der Waals surface area (Å²) in [6, 6.07) is 17.8. The van der Waals surface area contributed by atoms with Crippen LogP contribution < -0.4 is 15.2 Å². The van der Waals surface area contributed by atoms with E-state index in [1.54, 1.807) is 6.07 Å². The lowest BCUT2D eigenvalue weighted by Crippen LogP contribution is -2.13. The summed E-state index contributed by atoms with van der Waals surface area (Å²) < 4.78 is 11.8. The van der Waals surface area contributed by atoms with E-state index in [1.807, 2.05) is 36.4 Å². The van der Waals surface area contributed by atoms with E-state index in [4.69, 9.17) is 15.2 Å². The third kappa shape index (κ3) is 4.63. The molecule has 0 saturated carbocycles. The SMILES string of the molecule is Cc1ccc(OCCCC(C)Oc2cccc3ccc(N)nc23)cc1. The van der Waals surface area contributed by atoms with Crippen molar-refractivity contribution in [1.29, 1.82) is 0 Å². The van der Waals surface area contributed by atoms with Crippen molar-refractivity contribution in [3.8, 4) is 11.5 Å². The van der Waals surface area contributed by atoms with Crippen molar-refractivity contribution in [2.24, 2.45) is 0 Å². The summed E-state index contributed by atoms with van der Waals surface area (Å²) >= 11 is 0. The first-order valence-corrected chi connectivity index (χ1v) is 8.63. The number of aromatic nitrogens is 1. The van der Waals surface area contributed by atoms with Crippen LogP contribution in [0.25, 0.3) is 10.9 Å². The van der Waals surface area contributed by atoms with E-state index < -0.39 is 0 Å². The Morgan fingerprint density at radius 1 is 1.04 bits per heavy atom. The number of nitrogens with zero attached hydrogens (tertiary/aromatic N) is 1. The molecule has 0 spiro atoms. The lowest BCUT2D eigenvalue weighted by Gasteiger charge is -2.16. The molecule has 0 aliphatic carbocycles. The number of hydrogen-bond acceptors (Lipinski definition) is 4. The maximum atomic E-state index is 6.08. The van der Waals surface area contributed by atoms with Gasteiger partial charge in [0, 0.05) is 5.39 Å². The monoisotopic (exact) mass is 336 g/mol. The second-order valence-corrected chi connectivity index (χ2v) is 6.30. The van der Waals surface area contributed by atoms with Crippen molar-refractivity contribution < 1.29 is 9.47 Å². The molecule has 0 bridgehead atoms. The number of hydrogen-bond donors (Lipinski definition) is 1. The van der Waals surface area contributed by atoms with Gasteiger partial charge in [-0.1, -0.05) is 29.8 Å². The fourth-order valence-electron chi connectivity index (χ4n) is 2.70. The minimum atomic E-state index is 0.0791. The van der Waals surface area contributed by atoms with Gasteiger partial charge in [-0.3, -0.25) is 0 Å². The first-order valence-electron chi connectivity index (χ1n) is 8.63. The predicted molar refractivity (Wildman–Crippen MR) is 102 cm³/mol. The molecule has 2 aromatic carbocycles. The third-order valence-electron chi connectivity index (χ3n) is 4.08. The molecule has 0 amide bonds. The molecule has 0 aliphatic heterocycles. The second-order valence-electron chi connectivity index (χ2n) is 6.30. The molecule has 1 unspecified atom stereocenters. The van der Waals surface area contributed by atoms with Gasteiger partial charge in [-0.15, -0.1) is 0 Å². The Morgan fingerprint density at radius 2 is 1.84 bits per heavy atom. The number of rotatable bonds is 7. The molecule has 0 saturated heterocycles. The van der Waals surface area contributed by atoms with Crippen molar-refractivity contribution >= 4 is 16.7 Å². The van der Waals surface area contributed by atoms with Gasteiger partial charge in [0.15, 0.2) is 0 Å². The van der Waals surface area contributed by atoms with Gasteiger partial charge in [0.25, 0.3) is 0 Å². The van der Waals surface area contributed by atoms with E-state index in [2.05, 4.69) is 31.0 Å². The largest absolute Gasteiger partial charge is 0.494 e. The number of ether oxygens (including phenoxy) is 2. The van der Waals surface area contributed by atoms with E-state index in [1.165, 1.54) is 5.56 Å². The fourth-order valence-corrected chi connectivity index (χ4v) is 2.70. The summed E-state index contributed by atoms with van der Waals surface area (Å²) in [5.41, 5.74) is 7.85. The molecule has 0 radical (unpaired) electrons. The zero-order chi connectivity index (χ0) is 17.6. The number of benzene rings is 2. The second kappa shape index (κ2) is 7.88. The lowest BCUT2D eigenvalue weighted by atomic mass is 10.2. The van der Waals surface area contributed by atoms with Gasteiger partial charge in [0.2, 0.25) is 0 Å². The van der Waals surface area contributed by atoms with Gasteiger partial charge in [-0.2, -0.15) is 0 Å². The highest BCUT2D eigenvalue weighted by molar-refractivity contribution is 5.85. The first kappa shape index (κ1) is 17.1. The van der Waals surface area contributed by atoms with Crippen molar-refractivity contribution in [2.75, 3.05) is 12.3 Å². The molecule has 1 atom stereocenters. The molecule has 130 valence electrons. The molecule has 0 fully saturated rings. The van der Waals surface area contributed by atoms with E-state index in [-0.39, 0.29) is 6.10 Å². The van der Waals surface area contributed by atoms with Gasteiger partial charge in [0.05, 0.1) is 12.7 Å². The maximum absolute atomic E-state index is 6.08. The number of para-hydroxylation sites is 1. The van der Waals surface area contributed by atoms with E-state index in [0.29, 0.717) is 12.4 Å². The Bertz CT molecular complexity index is 831. The van der Waals surface area contributed by atoms with Gasteiger partial charge < -0.3 is 15.2 Å². The summed E-state index contributed by atoms with van der Waals surface area (Å²) in [4.78, 5) is 4.40. The molecule has 2 N–H and O–H groups in total. The Hall–Kier alpha value is -2.75. The minimum Gasteiger partial charge on any atom is -0.494 e. The Labute approximate surface area is 148 Å². The molecule has 4 heteroatoms. The lowest BCUT2D eigenvalue weighted by molar-refractivity contribution is 0.195. The Kier molecular flexibility index (Phi) is 5.39. The number of pyridine rings is 1. The molecule has 3 aromatic rings. The zero-order valence-corrected chi connectivity index (χ0v) is 14.7. The van der Waals surface area contributed by atoms with Crippen molar-refractivity contribution in [3.05, 3.63) is 60.2 Å². The van der Waals surface area contributed by atoms with Crippen LogP contribution in [0.4, 0.5) is 5.82 Å². The molecular weight excluding hydrogens is 312 g/mol. The standard InChI is InChI=1S/C21H24N2O2/c1-15-8-11-18(12-9-15)24-14-4-5-16(2)25-19-7-3-6-17-10-13-20(22)23-21(17)19/h3,6-13,16H,4-5,14H2,1-2H3,(H2,22,23). The van der Waals surface area contributed by atoms with Crippen LogP contribution in [-0.2, 0) is 0 Å². The number of nitrogens with two attached hydrogens (primary N) is 1. The number of nitrogen functional groups attached to an aromatic ring is 1. The normalized spacial score (nSPS) is 12.1. The van der Waals surface area contributed by atoms with Crippen molar-refractivity contribution in [2.45, 2.75) is 32.8 Å². The molecular formula is C21H24N2O2. The quantitative estimate of drug-likeness (QED) is 0.632. The fraction of sp³-hybridized carbons (Fsp3) is 0.286. The third-order valence-corrected chi connectivity index (χ3v) is 4.08. The highest BCUT2D eigenvalue weighted by atomic mass is 16.5. The predicted octanol–water partition coefficient (Wildman–Crippen LogP) is 4.75. The molecule has 25 heavy (non-hydrogen) atoms. The highest BCUT2D eigenvalue weighted by Gasteiger charge is 2.09. The number of aryl methyl sites for hydroxylation is 1. The summed E-state index contributed by atoms with van der Waals surface area (Å²) in [6.45, 7) is 4.81. The van der Waals surface area contributed by atoms with Gasteiger partial charge in [0.1, 0.15) is 22.8 Å². The molecule has 1 heterocycles. The summed E-state index contributed by atoms with van der Waals surface area (Å²) in [5.74, 6) is 2.19. The van der Waals surface area contributed by atoms with Crippen LogP contribution in [-0.4, -0.2) is 17.7 Å². The maximum Gasteiger partial charge on any atom is 0.146 e. The van der Waals surface area contributed by atoms with Crippen LogP contribution in [0.2, 0.25) is 0 Å². The van der Waals surface area contributed by atoms with E-state index >= 15 is 0 Å². The summed E-state index contributed by atoms with van der Waals surface area (Å²) in [5, 5.41) is 1.03. The average Bonchev–Trinajstić information content (AvgIpc) is 2.61. The van der Waals surface area contributed by atoms with Crippen molar-refractivity contribution in [1.82, 2.24) is 4.98 Å².